The number of cyclic esters (lactones) is 1. The number of anilines is 1. The lowest BCUT2D eigenvalue weighted by molar-refractivity contribution is -0.131. The molecule has 26 heavy (non-hydrogen) atoms. The van der Waals surface area contributed by atoms with E-state index in [2.05, 4.69) is 4.74 Å². The number of rotatable bonds is 4. The molecule has 0 atom stereocenters. The van der Waals surface area contributed by atoms with Gasteiger partial charge in [-0.25, -0.2) is 22.9 Å². The molecule has 0 saturated carbocycles. The number of carbonyl (C=O) groups excluding carboxylic acids is 3. The number of nitrogens with zero attached hydrogens (tertiary/aromatic N) is 2. The number of ether oxygens (including phenoxy) is 2. The van der Waals surface area contributed by atoms with Gasteiger partial charge in [-0.05, 0) is 36.6 Å². The van der Waals surface area contributed by atoms with Crippen LogP contribution >= 0.6 is 0 Å². The molecule has 0 unspecified atom stereocenters. The third kappa shape index (κ3) is 3.64. The zero-order chi connectivity index (χ0) is 18.9. The molecule has 1 fully saturated rings. The van der Waals surface area contributed by atoms with Gasteiger partial charge in [0.2, 0.25) is 10.0 Å². The molecule has 0 aliphatic carbocycles. The predicted octanol–water partition coefficient (Wildman–Crippen LogP) is 0.534. The number of carbonyl (C=O) groups is 3. The van der Waals surface area contributed by atoms with E-state index < -0.39 is 34.6 Å². The number of imide groups is 1. The van der Waals surface area contributed by atoms with Crippen LogP contribution in [0.5, 0.6) is 0 Å². The Hall–Kier alpha value is -2.62. The van der Waals surface area contributed by atoms with Crippen LogP contribution in [0.4, 0.5) is 10.5 Å². The molecule has 0 spiro atoms. The van der Waals surface area contributed by atoms with Gasteiger partial charge in [0, 0.05) is 6.54 Å². The molecule has 140 valence electrons. The van der Waals surface area contributed by atoms with Crippen molar-refractivity contribution in [3.05, 3.63) is 29.3 Å². The van der Waals surface area contributed by atoms with Crippen LogP contribution in [-0.4, -0.2) is 63.8 Å². The summed E-state index contributed by atoms with van der Waals surface area (Å²) < 4.78 is 34.6. The summed E-state index contributed by atoms with van der Waals surface area (Å²) in [5.74, 6) is -1.37. The molecule has 2 aliphatic heterocycles. The highest BCUT2D eigenvalue weighted by Crippen LogP contribution is 2.30. The lowest BCUT2D eigenvalue weighted by Crippen LogP contribution is -2.35. The maximum absolute atomic E-state index is 12.2. The van der Waals surface area contributed by atoms with E-state index in [1.807, 2.05) is 0 Å². The number of fused-ring (bicyclic) bond motifs is 1. The number of hydrogen-bond donors (Lipinski definition) is 0. The summed E-state index contributed by atoms with van der Waals surface area (Å²) in [6, 6.07) is 4.59. The first-order chi connectivity index (χ1) is 12.3. The van der Waals surface area contributed by atoms with Gasteiger partial charge in [-0.3, -0.25) is 9.10 Å². The van der Waals surface area contributed by atoms with E-state index in [1.54, 1.807) is 12.1 Å². The molecule has 2 amide bonds. The molecule has 1 aromatic rings. The number of amides is 2. The Morgan fingerprint density at radius 3 is 2.69 bits per heavy atom. The second-order valence-corrected chi connectivity index (χ2v) is 7.92. The van der Waals surface area contributed by atoms with Gasteiger partial charge in [-0.2, -0.15) is 0 Å². The first-order valence-electron chi connectivity index (χ1n) is 8.02. The summed E-state index contributed by atoms with van der Waals surface area (Å²) in [5, 5.41) is 0. The largest absolute Gasteiger partial charge is 0.452 e. The maximum Gasteiger partial charge on any atom is 0.416 e. The van der Waals surface area contributed by atoms with Crippen molar-refractivity contribution >= 4 is 33.7 Å². The number of aryl methyl sites for hydroxylation is 1. The monoisotopic (exact) mass is 382 g/mol. The Morgan fingerprint density at radius 1 is 1.27 bits per heavy atom. The molecular formula is C16H18N2O7S. The van der Waals surface area contributed by atoms with E-state index in [0.29, 0.717) is 25.1 Å². The molecule has 1 aromatic carbocycles. The van der Waals surface area contributed by atoms with Crippen molar-refractivity contribution in [2.45, 2.75) is 12.8 Å². The van der Waals surface area contributed by atoms with Crippen LogP contribution in [0.1, 0.15) is 22.3 Å². The van der Waals surface area contributed by atoms with Gasteiger partial charge in [-0.1, -0.05) is 0 Å². The van der Waals surface area contributed by atoms with Gasteiger partial charge in [0.25, 0.3) is 5.91 Å². The highest BCUT2D eigenvalue weighted by molar-refractivity contribution is 7.92. The molecule has 2 aliphatic rings. The number of hydrogen-bond acceptors (Lipinski definition) is 7. The smallest absolute Gasteiger partial charge is 0.416 e. The number of benzene rings is 1. The van der Waals surface area contributed by atoms with Gasteiger partial charge < -0.3 is 9.47 Å². The van der Waals surface area contributed by atoms with Gasteiger partial charge >= 0.3 is 12.1 Å². The van der Waals surface area contributed by atoms with Gasteiger partial charge in [-0.15, -0.1) is 0 Å². The molecule has 0 radical (unpaired) electrons. The Kier molecular flexibility index (Phi) is 4.86. The maximum atomic E-state index is 12.2. The third-order valence-corrected chi connectivity index (χ3v) is 5.36. The van der Waals surface area contributed by atoms with E-state index in [-0.39, 0.29) is 18.7 Å². The van der Waals surface area contributed by atoms with E-state index in [9.17, 15) is 22.8 Å². The quantitative estimate of drug-likeness (QED) is 0.699. The van der Waals surface area contributed by atoms with E-state index in [0.717, 1.165) is 16.7 Å². The second-order valence-electron chi connectivity index (χ2n) is 6.02. The lowest BCUT2D eigenvalue weighted by atomic mass is 10.0. The normalized spacial score (nSPS) is 16.9. The first kappa shape index (κ1) is 18.2. The zero-order valence-electron chi connectivity index (χ0n) is 14.1. The van der Waals surface area contributed by atoms with Crippen molar-refractivity contribution in [2.75, 3.05) is 36.9 Å². The van der Waals surface area contributed by atoms with Crippen LogP contribution in [0.2, 0.25) is 0 Å². The predicted molar refractivity (Wildman–Crippen MR) is 90.3 cm³/mol. The van der Waals surface area contributed by atoms with Crippen LogP contribution in [0, 0.1) is 0 Å². The Balaban J connectivity index is 1.69. The van der Waals surface area contributed by atoms with Gasteiger partial charge in [0.05, 0.1) is 24.1 Å². The van der Waals surface area contributed by atoms with Crippen molar-refractivity contribution in [3.8, 4) is 0 Å². The third-order valence-electron chi connectivity index (χ3n) is 4.18. The molecule has 0 aromatic heterocycles. The Bertz CT molecular complexity index is 865. The molecule has 0 N–H and O–H groups in total. The van der Waals surface area contributed by atoms with E-state index >= 15 is 0 Å². The Morgan fingerprint density at radius 2 is 2.04 bits per heavy atom. The average Bonchev–Trinajstić information content (AvgIpc) is 3.03. The molecule has 0 bridgehead atoms. The van der Waals surface area contributed by atoms with E-state index in [1.165, 1.54) is 10.4 Å². The minimum absolute atomic E-state index is 0.125. The summed E-state index contributed by atoms with van der Waals surface area (Å²) in [7, 11) is -3.39. The molecule has 9 nitrogen and oxygen atoms in total. The highest BCUT2D eigenvalue weighted by atomic mass is 32.2. The number of sulfonamides is 1. The van der Waals surface area contributed by atoms with Gasteiger partial charge in [0.15, 0.2) is 6.61 Å². The van der Waals surface area contributed by atoms with Crippen molar-refractivity contribution < 1.29 is 32.3 Å². The summed E-state index contributed by atoms with van der Waals surface area (Å²) in [4.78, 5) is 36.2. The van der Waals surface area contributed by atoms with Crippen molar-refractivity contribution in [3.63, 3.8) is 0 Å². The minimum atomic E-state index is -3.39. The average molecular weight is 382 g/mol. The molecule has 2 heterocycles. The summed E-state index contributed by atoms with van der Waals surface area (Å²) >= 11 is 0. The van der Waals surface area contributed by atoms with Crippen molar-refractivity contribution in [1.29, 1.82) is 0 Å². The summed E-state index contributed by atoms with van der Waals surface area (Å²) in [6.07, 6.45) is 1.68. The number of esters is 1. The highest BCUT2D eigenvalue weighted by Gasteiger charge is 2.29. The lowest BCUT2D eigenvalue weighted by Gasteiger charge is -2.29. The van der Waals surface area contributed by atoms with Gasteiger partial charge in [0.1, 0.15) is 6.61 Å². The topological polar surface area (TPSA) is 110 Å². The van der Waals surface area contributed by atoms with Crippen LogP contribution in [-0.2, 0) is 30.7 Å². The Labute approximate surface area is 150 Å². The molecule has 3 rings (SSSR count). The van der Waals surface area contributed by atoms with Crippen molar-refractivity contribution in [2.24, 2.45) is 0 Å². The second kappa shape index (κ2) is 6.94. The van der Waals surface area contributed by atoms with Crippen LogP contribution < -0.4 is 4.31 Å². The zero-order valence-corrected chi connectivity index (χ0v) is 15.0. The van der Waals surface area contributed by atoms with Crippen LogP contribution in [0.15, 0.2) is 18.2 Å². The van der Waals surface area contributed by atoms with Crippen LogP contribution in [0.3, 0.4) is 0 Å². The van der Waals surface area contributed by atoms with E-state index in [4.69, 9.17) is 4.74 Å². The fourth-order valence-corrected chi connectivity index (χ4v) is 3.94. The minimum Gasteiger partial charge on any atom is -0.452 e. The van der Waals surface area contributed by atoms with Crippen LogP contribution in [0.25, 0.3) is 0 Å². The first-order valence-corrected chi connectivity index (χ1v) is 9.87. The molecule has 10 heteroatoms. The molecule has 1 saturated heterocycles. The standard InChI is InChI=1S/C16H18N2O7S/c1-26(22,23)18-6-2-3-11-9-12(4-5-13(11)18)15(20)25-10-14(19)17-7-8-24-16(17)21/h4-5,9H,2-3,6-8,10H2,1H3. The summed E-state index contributed by atoms with van der Waals surface area (Å²) in [5.41, 5.74) is 1.49. The molecular weight excluding hydrogens is 364 g/mol. The fraction of sp³-hybridized carbons (Fsp3) is 0.438. The SMILES string of the molecule is CS(=O)(=O)N1CCCc2cc(C(=O)OCC(=O)N3CCOC3=O)ccc21. The fourth-order valence-electron chi connectivity index (χ4n) is 2.94. The van der Waals surface area contributed by atoms with Crippen molar-refractivity contribution in [1.82, 2.24) is 4.90 Å². The summed E-state index contributed by atoms with van der Waals surface area (Å²) in [6.45, 7) is 0.0894.